The Balaban J connectivity index is 2.60. The molecule has 1 rings (SSSR count). The smallest absolute Gasteiger partial charge is 0.0287 e. The van der Waals surface area contributed by atoms with Crippen molar-refractivity contribution in [2.75, 3.05) is 13.6 Å². The maximum absolute atomic E-state index is 3.83. The summed E-state index contributed by atoms with van der Waals surface area (Å²) < 4.78 is 0. The molecule has 0 aromatic heterocycles. The Kier molecular flexibility index (Phi) is 1.38. The van der Waals surface area contributed by atoms with Crippen LogP contribution in [0, 0.1) is 0 Å². The Morgan fingerprint density at radius 2 is 2.50 bits per heavy atom. The highest BCUT2D eigenvalue weighted by atomic mass is 15.1. The molecule has 1 nitrogen and oxygen atoms in total. The molecule has 0 fully saturated rings. The molecule has 1 aliphatic heterocycles. The monoisotopic (exact) mass is 109 g/mol. The van der Waals surface area contributed by atoms with Crippen LogP contribution >= 0.6 is 0 Å². The van der Waals surface area contributed by atoms with E-state index in [4.69, 9.17) is 0 Å². The van der Waals surface area contributed by atoms with Crippen LogP contribution in [0.1, 0.15) is 6.42 Å². The maximum Gasteiger partial charge on any atom is 0.0287 e. The number of allylic oxidation sites excluding steroid dienone is 1. The zero-order chi connectivity index (χ0) is 5.98. The fourth-order valence-corrected chi connectivity index (χ4v) is 0.758. The molecule has 0 radical (unpaired) electrons. The van der Waals surface area contributed by atoms with Gasteiger partial charge in [0.25, 0.3) is 0 Å². The standard InChI is InChI=1S/C7H11N/c1-7-5-3-4-6-8(7)2/h3,5H,1,4,6H2,2H3. The van der Waals surface area contributed by atoms with Crippen molar-refractivity contribution in [1.82, 2.24) is 4.90 Å². The van der Waals surface area contributed by atoms with Crippen LogP contribution in [0.25, 0.3) is 0 Å². The molecule has 1 heterocycles. The van der Waals surface area contributed by atoms with E-state index in [1.165, 1.54) is 0 Å². The lowest BCUT2D eigenvalue weighted by Gasteiger charge is -2.21. The van der Waals surface area contributed by atoms with Gasteiger partial charge in [0.2, 0.25) is 0 Å². The molecule has 0 aromatic carbocycles. The second-order valence-corrected chi connectivity index (χ2v) is 2.10. The molecule has 0 aromatic rings. The molecule has 0 saturated heterocycles. The summed E-state index contributed by atoms with van der Waals surface area (Å²) in [5.41, 5.74) is 1.12. The second kappa shape index (κ2) is 2.03. The van der Waals surface area contributed by atoms with Crippen LogP contribution < -0.4 is 0 Å². The quantitative estimate of drug-likeness (QED) is 0.454. The highest BCUT2D eigenvalue weighted by Gasteiger charge is 1.99. The molecule has 1 aliphatic rings. The second-order valence-electron chi connectivity index (χ2n) is 2.10. The van der Waals surface area contributed by atoms with E-state index in [2.05, 4.69) is 30.7 Å². The molecule has 0 N–H and O–H groups in total. The van der Waals surface area contributed by atoms with Gasteiger partial charge in [-0.15, -0.1) is 0 Å². The van der Waals surface area contributed by atoms with E-state index in [0.29, 0.717) is 0 Å². The minimum atomic E-state index is 1.12. The zero-order valence-corrected chi connectivity index (χ0v) is 5.22. The lowest BCUT2D eigenvalue weighted by atomic mass is 10.2. The van der Waals surface area contributed by atoms with Gasteiger partial charge in [-0.05, 0) is 12.5 Å². The van der Waals surface area contributed by atoms with Crippen molar-refractivity contribution in [3.05, 3.63) is 24.4 Å². The van der Waals surface area contributed by atoms with Gasteiger partial charge < -0.3 is 4.90 Å². The van der Waals surface area contributed by atoms with Gasteiger partial charge in [-0.25, -0.2) is 0 Å². The van der Waals surface area contributed by atoms with Gasteiger partial charge in [-0.3, -0.25) is 0 Å². The number of hydrogen-bond donors (Lipinski definition) is 0. The van der Waals surface area contributed by atoms with Crippen molar-refractivity contribution in [2.45, 2.75) is 6.42 Å². The third-order valence-corrected chi connectivity index (χ3v) is 1.43. The first-order valence-electron chi connectivity index (χ1n) is 2.87. The van der Waals surface area contributed by atoms with E-state index in [1.54, 1.807) is 0 Å². The first-order chi connectivity index (χ1) is 3.80. The molecule has 0 bridgehead atoms. The van der Waals surface area contributed by atoms with Crippen LogP contribution in [0.4, 0.5) is 0 Å². The summed E-state index contributed by atoms with van der Waals surface area (Å²) in [4.78, 5) is 2.15. The molecule has 1 heteroatoms. The summed E-state index contributed by atoms with van der Waals surface area (Å²) in [7, 11) is 2.06. The van der Waals surface area contributed by atoms with Crippen LogP contribution in [-0.4, -0.2) is 18.5 Å². The Morgan fingerprint density at radius 1 is 1.75 bits per heavy atom. The molecular formula is C7H11N. The molecule has 0 saturated carbocycles. The van der Waals surface area contributed by atoms with E-state index in [9.17, 15) is 0 Å². The van der Waals surface area contributed by atoms with Gasteiger partial charge in [0.1, 0.15) is 0 Å². The van der Waals surface area contributed by atoms with Gasteiger partial charge in [-0.2, -0.15) is 0 Å². The van der Waals surface area contributed by atoms with E-state index in [1.807, 2.05) is 0 Å². The van der Waals surface area contributed by atoms with Crippen molar-refractivity contribution < 1.29 is 0 Å². The largest absolute Gasteiger partial charge is 0.375 e. The van der Waals surface area contributed by atoms with E-state index in [-0.39, 0.29) is 0 Å². The Labute approximate surface area is 50.3 Å². The maximum atomic E-state index is 3.83. The van der Waals surface area contributed by atoms with E-state index < -0.39 is 0 Å². The fourth-order valence-electron chi connectivity index (χ4n) is 0.758. The lowest BCUT2D eigenvalue weighted by molar-refractivity contribution is 0.429. The third kappa shape index (κ3) is 0.915. The van der Waals surface area contributed by atoms with Crippen LogP contribution in [0.2, 0.25) is 0 Å². The number of nitrogens with zero attached hydrogens (tertiary/aromatic N) is 1. The predicted octanol–water partition coefficient (Wildman–Crippen LogP) is 1.39. The van der Waals surface area contributed by atoms with Crippen molar-refractivity contribution in [3.8, 4) is 0 Å². The summed E-state index contributed by atoms with van der Waals surface area (Å²) in [5.74, 6) is 0. The normalized spacial score (nSPS) is 19.6. The first-order valence-corrected chi connectivity index (χ1v) is 2.87. The molecule has 0 unspecified atom stereocenters. The summed E-state index contributed by atoms with van der Waals surface area (Å²) in [5, 5.41) is 0. The summed E-state index contributed by atoms with van der Waals surface area (Å²) in [6.45, 7) is 4.95. The summed E-state index contributed by atoms with van der Waals surface area (Å²) >= 11 is 0. The molecule has 0 amide bonds. The number of likely N-dealkylation sites (N-methyl/N-ethyl adjacent to an activating group) is 1. The van der Waals surface area contributed by atoms with Gasteiger partial charge in [0.15, 0.2) is 0 Å². The minimum absolute atomic E-state index is 1.12. The Morgan fingerprint density at radius 3 is 2.88 bits per heavy atom. The predicted molar refractivity (Wildman–Crippen MR) is 35.5 cm³/mol. The third-order valence-electron chi connectivity index (χ3n) is 1.43. The minimum Gasteiger partial charge on any atom is -0.375 e. The van der Waals surface area contributed by atoms with Crippen LogP contribution in [-0.2, 0) is 0 Å². The lowest BCUT2D eigenvalue weighted by Crippen LogP contribution is -2.19. The average Bonchev–Trinajstić information content (AvgIpc) is 1.77. The molecular weight excluding hydrogens is 98.1 g/mol. The van der Waals surface area contributed by atoms with E-state index in [0.717, 1.165) is 18.7 Å². The van der Waals surface area contributed by atoms with Crippen molar-refractivity contribution in [3.63, 3.8) is 0 Å². The van der Waals surface area contributed by atoms with Gasteiger partial charge in [0.05, 0.1) is 0 Å². The summed E-state index contributed by atoms with van der Waals surface area (Å²) in [6.07, 6.45) is 5.38. The molecule has 44 valence electrons. The summed E-state index contributed by atoms with van der Waals surface area (Å²) in [6, 6.07) is 0. The van der Waals surface area contributed by atoms with Crippen LogP contribution in [0.5, 0.6) is 0 Å². The zero-order valence-electron chi connectivity index (χ0n) is 5.22. The van der Waals surface area contributed by atoms with Crippen LogP contribution in [0.3, 0.4) is 0 Å². The molecule has 8 heavy (non-hydrogen) atoms. The molecule has 0 atom stereocenters. The Hall–Kier alpha value is -0.720. The average molecular weight is 109 g/mol. The number of rotatable bonds is 0. The highest BCUT2D eigenvalue weighted by Crippen LogP contribution is 2.07. The van der Waals surface area contributed by atoms with Crippen molar-refractivity contribution in [1.29, 1.82) is 0 Å². The first kappa shape index (κ1) is 5.42. The van der Waals surface area contributed by atoms with Crippen molar-refractivity contribution in [2.24, 2.45) is 0 Å². The fraction of sp³-hybridized carbons (Fsp3) is 0.429. The van der Waals surface area contributed by atoms with Crippen molar-refractivity contribution >= 4 is 0 Å². The molecule has 0 aliphatic carbocycles. The van der Waals surface area contributed by atoms with Crippen LogP contribution in [0.15, 0.2) is 24.4 Å². The topological polar surface area (TPSA) is 3.24 Å². The van der Waals surface area contributed by atoms with E-state index >= 15 is 0 Å². The highest BCUT2D eigenvalue weighted by molar-refractivity contribution is 5.15. The number of hydrogen-bond acceptors (Lipinski definition) is 1. The SMILES string of the molecule is C=C1C=CCCN1C. The van der Waals surface area contributed by atoms with Gasteiger partial charge in [-0.1, -0.05) is 12.7 Å². The van der Waals surface area contributed by atoms with Gasteiger partial charge in [0, 0.05) is 19.3 Å². The molecule has 0 spiro atoms. The Bertz CT molecular complexity index is 124. The van der Waals surface area contributed by atoms with Gasteiger partial charge >= 0.3 is 0 Å².